The van der Waals surface area contributed by atoms with E-state index >= 15 is 0 Å². The van der Waals surface area contributed by atoms with Crippen molar-refractivity contribution in [2.24, 2.45) is 0 Å². The van der Waals surface area contributed by atoms with Gasteiger partial charge in [0, 0.05) is 10.6 Å². The lowest BCUT2D eigenvalue weighted by atomic mass is 10.2. The Bertz CT molecular complexity index is 803. The monoisotopic (exact) mass is 306 g/mol. The molecule has 0 atom stereocenters. The minimum atomic E-state index is 0.536. The fourth-order valence-corrected chi connectivity index (χ4v) is 3.71. The second-order valence-corrected chi connectivity index (χ2v) is 6.54. The number of hydrogen-bond acceptors (Lipinski definition) is 4. The van der Waals surface area contributed by atoms with E-state index in [1.54, 1.807) is 11.3 Å². The summed E-state index contributed by atoms with van der Waals surface area (Å²) in [5.74, 6) is 0.704. The molecule has 0 N–H and O–H groups in total. The van der Waals surface area contributed by atoms with Gasteiger partial charge in [-0.3, -0.25) is 4.68 Å². The number of fused-ring (bicyclic) bond motifs is 1. The third kappa shape index (κ3) is 2.21. The minimum absolute atomic E-state index is 0.536. The van der Waals surface area contributed by atoms with Crippen molar-refractivity contribution in [3.05, 3.63) is 38.9 Å². The third-order valence-electron chi connectivity index (χ3n) is 3.43. The molecule has 0 saturated carbocycles. The van der Waals surface area contributed by atoms with Crippen LogP contribution in [0, 0.1) is 27.7 Å². The summed E-state index contributed by atoms with van der Waals surface area (Å²) >= 11 is 7.98. The molecule has 20 heavy (non-hydrogen) atoms. The van der Waals surface area contributed by atoms with Gasteiger partial charge in [-0.25, -0.2) is 9.97 Å². The fourth-order valence-electron chi connectivity index (χ4n) is 2.28. The number of halogens is 1. The number of aromatic nitrogens is 4. The van der Waals surface area contributed by atoms with Crippen LogP contribution in [0.1, 0.15) is 27.7 Å². The van der Waals surface area contributed by atoms with Gasteiger partial charge in [0.25, 0.3) is 0 Å². The molecule has 4 nitrogen and oxygen atoms in total. The van der Waals surface area contributed by atoms with Crippen molar-refractivity contribution in [2.45, 2.75) is 34.2 Å². The largest absolute Gasteiger partial charge is 0.262 e. The van der Waals surface area contributed by atoms with Gasteiger partial charge in [-0.1, -0.05) is 11.6 Å². The van der Waals surface area contributed by atoms with E-state index in [4.69, 9.17) is 11.6 Å². The molecular weight excluding hydrogens is 292 g/mol. The fraction of sp³-hybridized carbons (Fsp3) is 0.357. The summed E-state index contributed by atoms with van der Waals surface area (Å²) in [6.07, 6.45) is 0. The maximum absolute atomic E-state index is 6.32. The van der Waals surface area contributed by atoms with Crippen molar-refractivity contribution in [2.75, 3.05) is 0 Å². The summed E-state index contributed by atoms with van der Waals surface area (Å²) < 4.78 is 1.90. The lowest BCUT2D eigenvalue weighted by molar-refractivity contribution is 0.634. The van der Waals surface area contributed by atoms with Gasteiger partial charge in [0.2, 0.25) is 0 Å². The average molecular weight is 307 g/mol. The van der Waals surface area contributed by atoms with Gasteiger partial charge in [0.05, 0.1) is 11.1 Å². The zero-order valence-electron chi connectivity index (χ0n) is 11.9. The topological polar surface area (TPSA) is 43.6 Å². The van der Waals surface area contributed by atoms with Gasteiger partial charge in [-0.05, 0) is 39.3 Å². The Hall–Kier alpha value is -1.46. The molecule has 3 rings (SSSR count). The van der Waals surface area contributed by atoms with Crippen molar-refractivity contribution in [3.63, 3.8) is 0 Å². The SMILES string of the molecule is Cc1cc(C)n(Cc2nc(Cl)c3c(C)c(C)sc3n2)n1. The van der Waals surface area contributed by atoms with Crippen LogP contribution in [0.5, 0.6) is 0 Å². The van der Waals surface area contributed by atoms with Gasteiger partial charge in [-0.2, -0.15) is 5.10 Å². The highest BCUT2D eigenvalue weighted by atomic mass is 35.5. The van der Waals surface area contributed by atoms with Gasteiger partial charge in [-0.15, -0.1) is 11.3 Å². The molecule has 104 valence electrons. The van der Waals surface area contributed by atoms with E-state index in [2.05, 4.69) is 28.9 Å². The van der Waals surface area contributed by atoms with Crippen molar-refractivity contribution >= 4 is 33.2 Å². The lowest BCUT2D eigenvalue weighted by Crippen LogP contribution is -2.07. The molecule has 0 aliphatic carbocycles. The standard InChI is InChI=1S/C14H15ClN4S/c1-7-5-8(2)19(18-7)6-11-16-13(15)12-9(3)10(4)20-14(12)17-11/h5H,6H2,1-4H3. The summed E-state index contributed by atoms with van der Waals surface area (Å²) in [6.45, 7) is 8.69. The van der Waals surface area contributed by atoms with E-state index in [1.165, 1.54) is 10.4 Å². The molecular formula is C14H15ClN4S. The van der Waals surface area contributed by atoms with Crippen LogP contribution in [0.2, 0.25) is 5.15 Å². The van der Waals surface area contributed by atoms with Crippen LogP contribution in [0.15, 0.2) is 6.07 Å². The predicted molar refractivity (Wildman–Crippen MR) is 82.7 cm³/mol. The van der Waals surface area contributed by atoms with Crippen LogP contribution in [0.25, 0.3) is 10.2 Å². The Morgan fingerprint density at radius 1 is 1.20 bits per heavy atom. The van der Waals surface area contributed by atoms with E-state index in [1.807, 2.05) is 24.6 Å². The van der Waals surface area contributed by atoms with Gasteiger partial charge < -0.3 is 0 Å². The smallest absolute Gasteiger partial charge is 0.153 e. The Morgan fingerprint density at radius 3 is 2.60 bits per heavy atom. The summed E-state index contributed by atoms with van der Waals surface area (Å²) in [6, 6.07) is 2.04. The Balaban J connectivity index is 2.07. The maximum atomic E-state index is 6.32. The highest BCUT2D eigenvalue weighted by Gasteiger charge is 2.14. The number of hydrogen-bond donors (Lipinski definition) is 0. The molecule has 0 fully saturated rings. The Labute approximate surface area is 126 Å². The number of aryl methyl sites for hydroxylation is 4. The average Bonchev–Trinajstić information content (AvgIpc) is 2.80. The molecule has 0 aromatic carbocycles. The molecule has 0 spiro atoms. The molecule has 0 unspecified atom stereocenters. The second kappa shape index (κ2) is 4.82. The first kappa shape index (κ1) is 13.5. The van der Waals surface area contributed by atoms with Crippen LogP contribution in [0.4, 0.5) is 0 Å². The normalized spacial score (nSPS) is 11.4. The number of thiophene rings is 1. The maximum Gasteiger partial charge on any atom is 0.153 e. The van der Waals surface area contributed by atoms with Crippen LogP contribution in [-0.4, -0.2) is 19.7 Å². The van der Waals surface area contributed by atoms with Crippen LogP contribution < -0.4 is 0 Å². The van der Waals surface area contributed by atoms with E-state index < -0.39 is 0 Å². The zero-order chi connectivity index (χ0) is 14.4. The van der Waals surface area contributed by atoms with Crippen molar-refractivity contribution < 1.29 is 0 Å². The van der Waals surface area contributed by atoms with E-state index in [-0.39, 0.29) is 0 Å². The van der Waals surface area contributed by atoms with Crippen LogP contribution >= 0.6 is 22.9 Å². The lowest BCUT2D eigenvalue weighted by Gasteiger charge is -2.04. The first-order chi connectivity index (χ1) is 9.45. The molecule has 0 saturated heterocycles. The van der Waals surface area contributed by atoms with E-state index in [0.717, 1.165) is 21.6 Å². The molecule has 0 aliphatic heterocycles. The molecule has 6 heteroatoms. The minimum Gasteiger partial charge on any atom is -0.262 e. The highest BCUT2D eigenvalue weighted by molar-refractivity contribution is 7.18. The first-order valence-corrected chi connectivity index (χ1v) is 7.58. The number of nitrogens with zero attached hydrogens (tertiary/aromatic N) is 4. The van der Waals surface area contributed by atoms with Gasteiger partial charge in [0.15, 0.2) is 5.82 Å². The van der Waals surface area contributed by atoms with E-state index in [9.17, 15) is 0 Å². The molecule has 3 heterocycles. The Morgan fingerprint density at radius 2 is 1.95 bits per heavy atom. The molecule has 0 radical (unpaired) electrons. The third-order valence-corrected chi connectivity index (χ3v) is 4.80. The molecule has 0 amide bonds. The second-order valence-electron chi connectivity index (χ2n) is 4.98. The molecule has 3 aromatic heterocycles. The quantitative estimate of drug-likeness (QED) is 0.676. The van der Waals surface area contributed by atoms with Crippen molar-refractivity contribution in [1.29, 1.82) is 0 Å². The first-order valence-electron chi connectivity index (χ1n) is 6.39. The highest BCUT2D eigenvalue weighted by Crippen LogP contribution is 2.32. The summed E-state index contributed by atoms with van der Waals surface area (Å²) in [5.41, 5.74) is 3.27. The molecule has 3 aromatic rings. The summed E-state index contributed by atoms with van der Waals surface area (Å²) in [4.78, 5) is 11.2. The summed E-state index contributed by atoms with van der Waals surface area (Å²) in [7, 11) is 0. The van der Waals surface area contributed by atoms with Crippen molar-refractivity contribution in [3.8, 4) is 0 Å². The van der Waals surface area contributed by atoms with Gasteiger partial charge >= 0.3 is 0 Å². The van der Waals surface area contributed by atoms with E-state index in [0.29, 0.717) is 17.5 Å². The Kier molecular flexibility index (Phi) is 3.26. The van der Waals surface area contributed by atoms with Crippen molar-refractivity contribution in [1.82, 2.24) is 19.7 Å². The van der Waals surface area contributed by atoms with Gasteiger partial charge in [0.1, 0.15) is 16.5 Å². The predicted octanol–water partition coefficient (Wildman–Crippen LogP) is 3.82. The zero-order valence-corrected chi connectivity index (χ0v) is 13.4. The summed E-state index contributed by atoms with van der Waals surface area (Å²) in [5, 5.41) is 5.95. The number of rotatable bonds is 2. The molecule has 0 bridgehead atoms. The van der Waals surface area contributed by atoms with Crippen LogP contribution in [-0.2, 0) is 6.54 Å². The molecule has 0 aliphatic rings. The van der Waals surface area contributed by atoms with Crippen LogP contribution in [0.3, 0.4) is 0 Å².